The van der Waals surface area contributed by atoms with Gasteiger partial charge in [0, 0.05) is 31.4 Å². The summed E-state index contributed by atoms with van der Waals surface area (Å²) in [6.07, 6.45) is 6.30. The summed E-state index contributed by atoms with van der Waals surface area (Å²) >= 11 is 0. The highest BCUT2D eigenvalue weighted by molar-refractivity contribution is 7.89. The number of hydrogen-bond donors (Lipinski definition) is 1. The van der Waals surface area contributed by atoms with Crippen LogP contribution in [0.1, 0.15) is 40.0 Å². The molecule has 1 fully saturated rings. The number of nitrogens with zero attached hydrogens (tertiary/aromatic N) is 3. The summed E-state index contributed by atoms with van der Waals surface area (Å²) in [5.41, 5.74) is -0.408. The smallest absolute Gasteiger partial charge is 0.246 e. The monoisotopic (exact) mass is 314 g/mol. The Morgan fingerprint density at radius 1 is 1.48 bits per heavy atom. The normalized spacial score (nSPS) is 16.6. The Balaban J connectivity index is 2.04. The fraction of sp³-hybridized carbons (Fsp3) is 0.786. The fourth-order valence-corrected chi connectivity index (χ4v) is 3.51. The maximum absolute atomic E-state index is 12.6. The van der Waals surface area contributed by atoms with Crippen molar-refractivity contribution < 1.29 is 8.42 Å². The minimum Gasteiger partial charge on any atom is -0.312 e. The number of aromatic nitrogens is 2. The van der Waals surface area contributed by atoms with Crippen LogP contribution in [0, 0.1) is 0 Å². The molecule has 0 aromatic carbocycles. The molecule has 0 saturated heterocycles. The molecule has 0 unspecified atom stereocenters. The predicted molar refractivity (Wildman–Crippen MR) is 82.6 cm³/mol. The van der Waals surface area contributed by atoms with Crippen LogP contribution in [-0.4, -0.2) is 47.7 Å². The molecule has 21 heavy (non-hydrogen) atoms. The third-order valence-corrected chi connectivity index (χ3v) is 6.36. The Bertz CT molecular complexity index is 576. The number of nitrogens with one attached hydrogen (secondary N) is 1. The van der Waals surface area contributed by atoms with Crippen LogP contribution >= 0.6 is 0 Å². The zero-order valence-corrected chi connectivity index (χ0v) is 14.2. The van der Waals surface area contributed by atoms with Crippen molar-refractivity contribution in [3.63, 3.8) is 0 Å². The maximum Gasteiger partial charge on any atom is 0.246 e. The zero-order valence-electron chi connectivity index (χ0n) is 13.3. The maximum atomic E-state index is 12.6. The van der Waals surface area contributed by atoms with Gasteiger partial charge < -0.3 is 5.32 Å². The van der Waals surface area contributed by atoms with E-state index in [1.54, 1.807) is 17.9 Å². The molecule has 2 rings (SSSR count). The van der Waals surface area contributed by atoms with E-state index in [2.05, 4.69) is 10.4 Å². The van der Waals surface area contributed by atoms with E-state index in [0.717, 1.165) is 13.0 Å². The Hall–Kier alpha value is -0.920. The zero-order chi connectivity index (χ0) is 15.7. The fourth-order valence-electron chi connectivity index (χ4n) is 1.98. The largest absolute Gasteiger partial charge is 0.312 e. The van der Waals surface area contributed by atoms with E-state index in [-0.39, 0.29) is 4.90 Å². The molecule has 0 amide bonds. The van der Waals surface area contributed by atoms with Crippen molar-refractivity contribution in [1.29, 1.82) is 0 Å². The second-order valence-electron chi connectivity index (χ2n) is 6.31. The van der Waals surface area contributed by atoms with E-state index in [1.165, 1.54) is 23.3 Å². The molecule has 0 spiro atoms. The first-order valence-corrected chi connectivity index (χ1v) is 8.96. The van der Waals surface area contributed by atoms with Gasteiger partial charge in [-0.25, -0.2) is 8.42 Å². The summed E-state index contributed by atoms with van der Waals surface area (Å²) in [5.74, 6) is 0. The molecule has 120 valence electrons. The van der Waals surface area contributed by atoms with Gasteiger partial charge in [-0.15, -0.1) is 0 Å². The van der Waals surface area contributed by atoms with Gasteiger partial charge >= 0.3 is 0 Å². The Kier molecular flexibility index (Phi) is 4.75. The van der Waals surface area contributed by atoms with Gasteiger partial charge in [0.2, 0.25) is 10.0 Å². The molecule has 6 nitrogen and oxygen atoms in total. The van der Waals surface area contributed by atoms with Crippen LogP contribution in [0.3, 0.4) is 0 Å². The van der Waals surface area contributed by atoms with Crippen LogP contribution < -0.4 is 5.32 Å². The van der Waals surface area contributed by atoms with E-state index in [1.807, 2.05) is 20.8 Å². The molecular formula is C14H26N4O2S. The summed E-state index contributed by atoms with van der Waals surface area (Å²) in [5, 5.41) is 7.55. The number of hydrogen-bond acceptors (Lipinski definition) is 4. The molecule has 1 aliphatic rings. The minimum absolute atomic E-state index is 0.262. The van der Waals surface area contributed by atoms with Crippen molar-refractivity contribution in [2.75, 3.05) is 13.6 Å². The molecule has 1 aromatic heterocycles. The molecule has 0 aliphatic heterocycles. The standard InChI is InChI=1S/C14H26N4O2S/c1-5-14(2,3)17(4)21(19,20)13-10-16-18(11-13)9-8-15-12-6-7-12/h10-12,15H,5-9H2,1-4H3. The van der Waals surface area contributed by atoms with Gasteiger partial charge in [0.15, 0.2) is 0 Å². The highest BCUT2D eigenvalue weighted by Gasteiger charge is 2.33. The van der Waals surface area contributed by atoms with Crippen LogP contribution in [0.5, 0.6) is 0 Å². The number of rotatable bonds is 8. The SMILES string of the molecule is CCC(C)(C)N(C)S(=O)(=O)c1cnn(CCNC2CC2)c1. The Morgan fingerprint density at radius 2 is 2.14 bits per heavy atom. The lowest BCUT2D eigenvalue weighted by atomic mass is 10.0. The van der Waals surface area contributed by atoms with Crippen molar-refractivity contribution in [1.82, 2.24) is 19.4 Å². The molecule has 1 heterocycles. The van der Waals surface area contributed by atoms with Crippen LogP contribution in [0.2, 0.25) is 0 Å². The molecule has 1 N–H and O–H groups in total. The Morgan fingerprint density at radius 3 is 2.71 bits per heavy atom. The second-order valence-corrected chi connectivity index (χ2v) is 8.28. The van der Waals surface area contributed by atoms with Crippen LogP contribution in [0.15, 0.2) is 17.3 Å². The lowest BCUT2D eigenvalue weighted by Crippen LogP contribution is -2.44. The quantitative estimate of drug-likeness (QED) is 0.788. The van der Waals surface area contributed by atoms with Crippen molar-refractivity contribution in [3.05, 3.63) is 12.4 Å². The molecule has 1 aliphatic carbocycles. The Labute approximate surface area is 127 Å². The van der Waals surface area contributed by atoms with Gasteiger partial charge in [-0.2, -0.15) is 9.40 Å². The summed E-state index contributed by atoms with van der Waals surface area (Å²) in [4.78, 5) is 0.262. The van der Waals surface area contributed by atoms with E-state index >= 15 is 0 Å². The summed E-state index contributed by atoms with van der Waals surface area (Å²) in [6, 6.07) is 0.653. The molecule has 1 saturated carbocycles. The molecular weight excluding hydrogens is 288 g/mol. The lowest BCUT2D eigenvalue weighted by Gasteiger charge is -2.33. The molecule has 7 heteroatoms. The van der Waals surface area contributed by atoms with Crippen LogP contribution in [0.4, 0.5) is 0 Å². The van der Waals surface area contributed by atoms with Gasteiger partial charge in [0.05, 0.1) is 12.7 Å². The van der Waals surface area contributed by atoms with Crippen molar-refractivity contribution in [2.45, 2.75) is 63.1 Å². The van der Waals surface area contributed by atoms with Gasteiger partial charge in [-0.05, 0) is 33.1 Å². The lowest BCUT2D eigenvalue weighted by molar-refractivity contribution is 0.257. The summed E-state index contributed by atoms with van der Waals surface area (Å²) < 4.78 is 28.3. The highest BCUT2D eigenvalue weighted by Crippen LogP contribution is 2.24. The third kappa shape index (κ3) is 3.84. The third-order valence-electron chi connectivity index (χ3n) is 4.34. The van der Waals surface area contributed by atoms with Crippen LogP contribution in [0.25, 0.3) is 0 Å². The van der Waals surface area contributed by atoms with E-state index in [9.17, 15) is 8.42 Å². The molecule has 1 aromatic rings. The molecule has 0 atom stereocenters. The van der Waals surface area contributed by atoms with Gasteiger partial charge in [-0.3, -0.25) is 4.68 Å². The van der Waals surface area contributed by atoms with Crippen LogP contribution in [-0.2, 0) is 16.6 Å². The topological polar surface area (TPSA) is 67.2 Å². The van der Waals surface area contributed by atoms with Crippen molar-refractivity contribution in [2.24, 2.45) is 0 Å². The number of sulfonamides is 1. The first-order valence-electron chi connectivity index (χ1n) is 7.52. The van der Waals surface area contributed by atoms with E-state index in [4.69, 9.17) is 0 Å². The predicted octanol–water partition coefficient (Wildman–Crippen LogP) is 1.44. The van der Waals surface area contributed by atoms with E-state index < -0.39 is 15.6 Å². The van der Waals surface area contributed by atoms with Gasteiger partial charge in [0.1, 0.15) is 4.90 Å². The summed E-state index contributed by atoms with van der Waals surface area (Å²) in [7, 11) is -1.86. The average Bonchev–Trinajstić information content (AvgIpc) is 3.13. The van der Waals surface area contributed by atoms with Crippen molar-refractivity contribution >= 4 is 10.0 Å². The minimum atomic E-state index is -3.49. The second kappa shape index (κ2) is 6.06. The van der Waals surface area contributed by atoms with Gasteiger partial charge in [0.25, 0.3) is 0 Å². The summed E-state index contributed by atoms with van der Waals surface area (Å²) in [6.45, 7) is 7.34. The van der Waals surface area contributed by atoms with Gasteiger partial charge in [-0.1, -0.05) is 6.92 Å². The molecule has 0 radical (unpaired) electrons. The highest BCUT2D eigenvalue weighted by atomic mass is 32.2. The van der Waals surface area contributed by atoms with E-state index in [0.29, 0.717) is 12.6 Å². The molecule has 0 bridgehead atoms. The first kappa shape index (κ1) is 16.5. The average molecular weight is 314 g/mol. The first-order chi connectivity index (χ1) is 9.77. The van der Waals surface area contributed by atoms with Crippen molar-refractivity contribution in [3.8, 4) is 0 Å².